The molecule has 0 fully saturated rings. The van der Waals surface area contributed by atoms with Gasteiger partial charge in [-0.05, 0) is 24.3 Å². The Morgan fingerprint density at radius 2 is 2.00 bits per heavy atom. The summed E-state index contributed by atoms with van der Waals surface area (Å²) in [7, 11) is 1.55. The van der Waals surface area contributed by atoms with Crippen molar-refractivity contribution in [3.8, 4) is 17.2 Å². The van der Waals surface area contributed by atoms with Gasteiger partial charge in [0.25, 0.3) is 11.8 Å². The number of furan rings is 1. The van der Waals surface area contributed by atoms with E-state index in [-0.39, 0.29) is 18.2 Å². The Balaban J connectivity index is 1.47. The van der Waals surface area contributed by atoms with Gasteiger partial charge in [0.15, 0.2) is 22.9 Å². The normalized spacial score (nSPS) is 10.8. The lowest BCUT2D eigenvalue weighted by atomic mass is 10.2. The van der Waals surface area contributed by atoms with E-state index in [1.165, 1.54) is 0 Å². The zero-order chi connectivity index (χ0) is 17.9. The molecule has 0 aliphatic rings. The van der Waals surface area contributed by atoms with Crippen molar-refractivity contribution in [1.29, 1.82) is 0 Å². The van der Waals surface area contributed by atoms with Gasteiger partial charge in [-0.15, -0.1) is 0 Å². The predicted molar refractivity (Wildman–Crippen MR) is 93.7 cm³/mol. The van der Waals surface area contributed by atoms with Gasteiger partial charge in [0.2, 0.25) is 0 Å². The van der Waals surface area contributed by atoms with E-state index in [0.717, 1.165) is 10.9 Å². The molecule has 0 saturated heterocycles. The molecule has 0 aliphatic carbocycles. The van der Waals surface area contributed by atoms with Crippen molar-refractivity contribution in [2.24, 2.45) is 0 Å². The van der Waals surface area contributed by atoms with E-state index in [0.29, 0.717) is 23.0 Å². The second-order valence-corrected chi connectivity index (χ2v) is 5.55. The van der Waals surface area contributed by atoms with E-state index in [1.807, 2.05) is 42.5 Å². The molecule has 130 valence electrons. The smallest absolute Gasteiger partial charge is 0.287 e. The van der Waals surface area contributed by atoms with Crippen molar-refractivity contribution in [2.75, 3.05) is 7.11 Å². The van der Waals surface area contributed by atoms with Crippen LogP contribution in [0.1, 0.15) is 16.4 Å². The second-order valence-electron chi connectivity index (χ2n) is 5.55. The zero-order valence-corrected chi connectivity index (χ0v) is 13.9. The van der Waals surface area contributed by atoms with Gasteiger partial charge in [0.1, 0.15) is 0 Å². The van der Waals surface area contributed by atoms with E-state index < -0.39 is 0 Å². The monoisotopic (exact) mass is 349 g/mol. The molecule has 2 aromatic carbocycles. The van der Waals surface area contributed by atoms with Gasteiger partial charge < -0.3 is 19.0 Å². The molecule has 1 N–H and O–H groups in total. The van der Waals surface area contributed by atoms with Crippen molar-refractivity contribution in [1.82, 2.24) is 15.5 Å². The summed E-state index contributed by atoms with van der Waals surface area (Å²) in [5, 5.41) is 7.39. The summed E-state index contributed by atoms with van der Waals surface area (Å²) in [6, 6.07) is 16.6. The topological polar surface area (TPSA) is 90.4 Å². The summed E-state index contributed by atoms with van der Waals surface area (Å²) in [6.07, 6.45) is 0. The summed E-state index contributed by atoms with van der Waals surface area (Å²) in [5.41, 5.74) is 1.35. The predicted octanol–water partition coefficient (Wildman–Crippen LogP) is 3.42. The highest BCUT2D eigenvalue weighted by Crippen LogP contribution is 2.28. The molecule has 1 amide bonds. The number of nitrogens with zero attached hydrogens (tertiary/aromatic N) is 2. The molecule has 7 nitrogen and oxygen atoms in total. The number of hydrogen-bond acceptors (Lipinski definition) is 6. The Morgan fingerprint density at radius 3 is 2.81 bits per heavy atom. The third kappa shape index (κ3) is 3.02. The summed E-state index contributed by atoms with van der Waals surface area (Å²) in [4.78, 5) is 16.6. The van der Waals surface area contributed by atoms with Crippen LogP contribution in [0.5, 0.6) is 5.75 Å². The number of methoxy groups -OCH3 is 1. The van der Waals surface area contributed by atoms with Crippen molar-refractivity contribution >= 4 is 16.9 Å². The molecular weight excluding hydrogens is 334 g/mol. The Bertz CT molecular complexity index is 1050. The highest BCUT2D eigenvalue weighted by Gasteiger charge is 2.16. The van der Waals surface area contributed by atoms with Gasteiger partial charge in [-0.1, -0.05) is 35.5 Å². The number of para-hydroxylation sites is 1. The molecule has 0 saturated carbocycles. The van der Waals surface area contributed by atoms with Crippen LogP contribution in [-0.4, -0.2) is 23.2 Å². The number of fused-ring (bicyclic) bond motifs is 1. The Kier molecular flexibility index (Phi) is 4.10. The van der Waals surface area contributed by atoms with Gasteiger partial charge in [0.05, 0.1) is 13.7 Å². The maximum atomic E-state index is 12.3. The van der Waals surface area contributed by atoms with Crippen molar-refractivity contribution in [3.05, 3.63) is 66.2 Å². The molecule has 4 rings (SSSR count). The zero-order valence-electron chi connectivity index (χ0n) is 13.9. The summed E-state index contributed by atoms with van der Waals surface area (Å²) in [6.45, 7) is 0.128. The number of amides is 1. The average Bonchev–Trinajstić information content (AvgIpc) is 3.33. The summed E-state index contributed by atoms with van der Waals surface area (Å²) in [5.74, 6) is 1.19. The van der Waals surface area contributed by atoms with E-state index in [2.05, 4.69) is 15.5 Å². The lowest BCUT2D eigenvalue weighted by Crippen LogP contribution is -2.22. The third-order valence-electron chi connectivity index (χ3n) is 3.85. The second kappa shape index (κ2) is 6.72. The fourth-order valence-corrected chi connectivity index (χ4v) is 2.58. The summed E-state index contributed by atoms with van der Waals surface area (Å²) >= 11 is 0. The minimum Gasteiger partial charge on any atom is -0.493 e. The first-order valence-corrected chi connectivity index (χ1v) is 7.97. The molecule has 0 aliphatic heterocycles. The van der Waals surface area contributed by atoms with Gasteiger partial charge in [-0.2, -0.15) is 4.98 Å². The van der Waals surface area contributed by atoms with Crippen molar-refractivity contribution in [2.45, 2.75) is 6.54 Å². The van der Waals surface area contributed by atoms with Crippen LogP contribution < -0.4 is 10.1 Å². The van der Waals surface area contributed by atoms with E-state index in [1.54, 1.807) is 19.2 Å². The molecule has 0 radical (unpaired) electrons. The first-order valence-electron chi connectivity index (χ1n) is 7.97. The quantitative estimate of drug-likeness (QED) is 0.594. The van der Waals surface area contributed by atoms with E-state index in [9.17, 15) is 4.79 Å². The fourth-order valence-electron chi connectivity index (χ4n) is 2.58. The molecule has 2 aromatic heterocycles. The minimum absolute atomic E-state index is 0.128. The first kappa shape index (κ1) is 15.9. The molecule has 2 heterocycles. The van der Waals surface area contributed by atoms with Crippen LogP contribution in [-0.2, 0) is 6.54 Å². The minimum atomic E-state index is -0.366. The number of hydrogen-bond donors (Lipinski definition) is 1. The number of aromatic nitrogens is 2. The van der Waals surface area contributed by atoms with Crippen LogP contribution >= 0.6 is 0 Å². The molecule has 0 unspecified atom stereocenters. The molecular formula is C19H15N3O4. The number of benzene rings is 2. The molecule has 7 heteroatoms. The Labute approximate surface area is 148 Å². The highest BCUT2D eigenvalue weighted by atomic mass is 16.5. The molecule has 0 spiro atoms. The van der Waals surface area contributed by atoms with Gasteiger partial charge >= 0.3 is 0 Å². The molecule has 26 heavy (non-hydrogen) atoms. The van der Waals surface area contributed by atoms with Crippen LogP contribution in [0.4, 0.5) is 0 Å². The van der Waals surface area contributed by atoms with Gasteiger partial charge in [-0.25, -0.2) is 0 Å². The van der Waals surface area contributed by atoms with Crippen molar-refractivity contribution in [3.63, 3.8) is 0 Å². The highest BCUT2D eigenvalue weighted by molar-refractivity contribution is 5.97. The standard InChI is InChI=1S/C19H15N3O4/c1-24-14-9-5-8-13-10-15(25-17(13)14)18(23)20-11-16-21-19(26-22-16)12-6-3-2-4-7-12/h2-10H,11H2,1H3,(H,20,23). The number of nitrogens with one attached hydrogen (secondary N) is 1. The van der Waals surface area contributed by atoms with Crippen LogP contribution in [0.25, 0.3) is 22.4 Å². The van der Waals surface area contributed by atoms with Crippen LogP contribution in [0, 0.1) is 0 Å². The Hall–Kier alpha value is -3.61. The fraction of sp³-hybridized carbons (Fsp3) is 0.105. The number of ether oxygens (including phenoxy) is 1. The van der Waals surface area contributed by atoms with Crippen molar-refractivity contribution < 1.29 is 18.5 Å². The van der Waals surface area contributed by atoms with Gasteiger partial charge in [-0.3, -0.25) is 4.79 Å². The lowest BCUT2D eigenvalue weighted by Gasteiger charge is -1.99. The van der Waals surface area contributed by atoms with E-state index >= 15 is 0 Å². The third-order valence-corrected chi connectivity index (χ3v) is 3.85. The maximum absolute atomic E-state index is 12.3. The SMILES string of the molecule is COc1cccc2cc(C(=O)NCc3noc(-c4ccccc4)n3)oc12. The molecule has 0 bridgehead atoms. The molecule has 4 aromatic rings. The first-order chi connectivity index (χ1) is 12.7. The largest absolute Gasteiger partial charge is 0.493 e. The average molecular weight is 349 g/mol. The number of carbonyl (C=O) groups excluding carboxylic acids is 1. The van der Waals surface area contributed by atoms with Crippen LogP contribution in [0.3, 0.4) is 0 Å². The summed E-state index contributed by atoms with van der Waals surface area (Å²) < 4.78 is 16.1. The lowest BCUT2D eigenvalue weighted by molar-refractivity contribution is 0.0924. The van der Waals surface area contributed by atoms with Crippen LogP contribution in [0.15, 0.2) is 63.5 Å². The number of rotatable bonds is 5. The maximum Gasteiger partial charge on any atom is 0.287 e. The van der Waals surface area contributed by atoms with Crippen LogP contribution in [0.2, 0.25) is 0 Å². The van der Waals surface area contributed by atoms with E-state index in [4.69, 9.17) is 13.7 Å². The van der Waals surface area contributed by atoms with Gasteiger partial charge in [0, 0.05) is 10.9 Å². The Morgan fingerprint density at radius 1 is 1.15 bits per heavy atom. The number of carbonyl (C=O) groups is 1. The molecule has 0 atom stereocenters.